The molecule has 7 heteroatoms. The minimum absolute atomic E-state index is 0.140. The number of hydrogen-bond acceptors (Lipinski definition) is 5. The van der Waals surface area contributed by atoms with Crippen LogP contribution in [0.1, 0.15) is 21.9 Å². The smallest absolute Gasteiger partial charge is 0.286 e. The Labute approximate surface area is 113 Å². The maximum atomic E-state index is 11.3. The molecule has 3 aromatic heterocycles. The van der Waals surface area contributed by atoms with Crippen LogP contribution in [-0.2, 0) is 0 Å². The van der Waals surface area contributed by atoms with Gasteiger partial charge in [-0.1, -0.05) is 0 Å². The van der Waals surface area contributed by atoms with Crippen molar-refractivity contribution >= 4 is 23.0 Å². The summed E-state index contributed by atoms with van der Waals surface area (Å²) in [5.41, 5.74) is 8.76. The Hall–Kier alpha value is -2.28. The van der Waals surface area contributed by atoms with E-state index in [0.29, 0.717) is 0 Å². The first-order valence-corrected chi connectivity index (χ1v) is 6.42. The number of carbonyl (C=O) groups excluding carboxylic acids is 1. The lowest BCUT2D eigenvalue weighted by molar-refractivity contribution is 0.0989. The van der Waals surface area contributed by atoms with E-state index in [4.69, 9.17) is 5.73 Å². The van der Waals surface area contributed by atoms with Crippen molar-refractivity contribution in [2.45, 2.75) is 13.8 Å². The second-order valence-corrected chi connectivity index (χ2v) is 5.09. The molecule has 0 radical (unpaired) electrons. The van der Waals surface area contributed by atoms with E-state index >= 15 is 0 Å². The molecule has 96 valence electrons. The van der Waals surface area contributed by atoms with Gasteiger partial charge in [0.1, 0.15) is 5.69 Å². The van der Waals surface area contributed by atoms with Crippen molar-refractivity contribution in [3.63, 3.8) is 0 Å². The summed E-state index contributed by atoms with van der Waals surface area (Å²) in [6.07, 6.45) is 1.60. The predicted molar refractivity (Wildman–Crippen MR) is 72.1 cm³/mol. The number of nitrogens with two attached hydrogens (primary N) is 1. The molecule has 0 atom stereocenters. The van der Waals surface area contributed by atoms with Gasteiger partial charge in [-0.25, -0.2) is 9.50 Å². The van der Waals surface area contributed by atoms with Crippen molar-refractivity contribution in [3.8, 4) is 10.6 Å². The molecule has 19 heavy (non-hydrogen) atoms. The van der Waals surface area contributed by atoms with E-state index < -0.39 is 5.91 Å². The Kier molecular flexibility index (Phi) is 2.56. The normalized spacial score (nSPS) is 11.1. The van der Waals surface area contributed by atoms with E-state index in [9.17, 15) is 4.79 Å². The second kappa shape index (κ2) is 4.13. The number of nitrogens with zero attached hydrogens (tertiary/aromatic N) is 4. The molecule has 0 unspecified atom stereocenters. The molecule has 0 aliphatic heterocycles. The first-order chi connectivity index (χ1) is 9.06. The van der Waals surface area contributed by atoms with Gasteiger partial charge < -0.3 is 5.73 Å². The Morgan fingerprint density at radius 3 is 2.79 bits per heavy atom. The Morgan fingerprint density at radius 1 is 1.37 bits per heavy atom. The second-order valence-electron chi connectivity index (χ2n) is 4.29. The highest BCUT2D eigenvalue weighted by molar-refractivity contribution is 7.09. The quantitative estimate of drug-likeness (QED) is 0.767. The predicted octanol–water partition coefficient (Wildman–Crippen LogP) is 1.57. The number of carbonyl (C=O) groups is 1. The van der Waals surface area contributed by atoms with E-state index in [1.54, 1.807) is 6.20 Å². The summed E-state index contributed by atoms with van der Waals surface area (Å²) in [5, 5.41) is 4.42. The number of hydrogen-bond donors (Lipinski definition) is 1. The molecule has 0 aliphatic carbocycles. The number of amides is 1. The van der Waals surface area contributed by atoms with E-state index in [2.05, 4.69) is 14.5 Å². The number of imidazole rings is 1. The number of primary amides is 1. The first-order valence-electron chi connectivity index (χ1n) is 5.65. The molecule has 2 N–H and O–H groups in total. The lowest BCUT2D eigenvalue weighted by Crippen LogP contribution is -2.16. The van der Waals surface area contributed by atoms with Crippen LogP contribution in [0.25, 0.3) is 16.1 Å². The van der Waals surface area contributed by atoms with Crippen LogP contribution >= 0.6 is 11.5 Å². The highest BCUT2D eigenvalue weighted by Crippen LogP contribution is 2.25. The highest BCUT2D eigenvalue weighted by Gasteiger charge is 2.14. The molecular formula is C12H11N5OS. The molecule has 0 saturated carbocycles. The lowest BCUT2D eigenvalue weighted by Gasteiger charge is -2.03. The van der Waals surface area contributed by atoms with Crippen LogP contribution in [0.5, 0.6) is 0 Å². The van der Waals surface area contributed by atoms with Gasteiger partial charge in [0.15, 0.2) is 0 Å². The summed E-state index contributed by atoms with van der Waals surface area (Å²) in [4.78, 5) is 16.3. The molecule has 0 aromatic carbocycles. The lowest BCUT2D eigenvalue weighted by atomic mass is 10.2. The SMILES string of the molecule is Cc1cc(-c2cc(C)c3cnc(C(N)=O)n3n2)sn1. The minimum atomic E-state index is -0.593. The third kappa shape index (κ3) is 1.88. The summed E-state index contributed by atoms with van der Waals surface area (Å²) in [5.74, 6) is -0.453. The molecule has 3 aromatic rings. The van der Waals surface area contributed by atoms with Crippen molar-refractivity contribution in [3.05, 3.63) is 35.4 Å². The van der Waals surface area contributed by atoms with Crippen LogP contribution < -0.4 is 5.73 Å². The van der Waals surface area contributed by atoms with Gasteiger partial charge in [-0.2, -0.15) is 9.47 Å². The van der Waals surface area contributed by atoms with Gasteiger partial charge in [0.2, 0.25) is 5.82 Å². The van der Waals surface area contributed by atoms with Crippen LogP contribution in [0.3, 0.4) is 0 Å². The number of aromatic nitrogens is 4. The first kappa shape index (κ1) is 11.8. The summed E-state index contributed by atoms with van der Waals surface area (Å²) in [6.45, 7) is 3.87. The molecule has 3 heterocycles. The Balaban J connectivity index is 2.27. The standard InChI is InChI=1S/C12H11N5OS/c1-6-3-8(10-4-7(2)16-19-10)15-17-9(6)5-14-12(17)11(13)18/h3-5H,1-2H3,(H2,13,18). The molecule has 1 amide bonds. The molecule has 0 bridgehead atoms. The van der Waals surface area contributed by atoms with Crippen LogP contribution in [0.15, 0.2) is 18.3 Å². The van der Waals surface area contributed by atoms with Gasteiger partial charge in [0.05, 0.1) is 22.3 Å². The van der Waals surface area contributed by atoms with E-state index in [-0.39, 0.29) is 5.82 Å². The van der Waals surface area contributed by atoms with E-state index in [1.807, 2.05) is 26.0 Å². The Bertz CT molecular complexity index is 789. The van der Waals surface area contributed by atoms with Crippen LogP contribution in [-0.4, -0.2) is 24.9 Å². The zero-order chi connectivity index (χ0) is 13.6. The monoisotopic (exact) mass is 273 g/mol. The van der Waals surface area contributed by atoms with Crippen molar-refractivity contribution in [2.24, 2.45) is 5.73 Å². The van der Waals surface area contributed by atoms with Gasteiger partial charge in [0, 0.05) is 0 Å². The van der Waals surface area contributed by atoms with Crippen molar-refractivity contribution < 1.29 is 4.79 Å². The van der Waals surface area contributed by atoms with Gasteiger partial charge in [-0.05, 0) is 43.1 Å². The van der Waals surface area contributed by atoms with Crippen molar-refractivity contribution in [2.75, 3.05) is 0 Å². The average molecular weight is 273 g/mol. The summed E-state index contributed by atoms with van der Waals surface area (Å²) >= 11 is 1.37. The van der Waals surface area contributed by atoms with Crippen LogP contribution in [0.4, 0.5) is 0 Å². The summed E-state index contributed by atoms with van der Waals surface area (Å²) in [7, 11) is 0. The van der Waals surface area contributed by atoms with Gasteiger partial charge >= 0.3 is 0 Å². The maximum absolute atomic E-state index is 11.3. The van der Waals surface area contributed by atoms with Gasteiger partial charge in [-0.3, -0.25) is 4.79 Å². The molecular weight excluding hydrogens is 262 g/mol. The van der Waals surface area contributed by atoms with Gasteiger partial charge in [-0.15, -0.1) is 0 Å². The minimum Gasteiger partial charge on any atom is -0.363 e. The number of fused-ring (bicyclic) bond motifs is 1. The van der Waals surface area contributed by atoms with Crippen molar-refractivity contribution in [1.29, 1.82) is 0 Å². The fourth-order valence-corrected chi connectivity index (χ4v) is 2.62. The topological polar surface area (TPSA) is 86.2 Å². The van der Waals surface area contributed by atoms with E-state index in [1.165, 1.54) is 16.0 Å². The molecule has 0 aliphatic rings. The fourth-order valence-electron chi connectivity index (χ4n) is 1.90. The summed E-state index contributed by atoms with van der Waals surface area (Å²) < 4.78 is 5.72. The highest BCUT2D eigenvalue weighted by atomic mass is 32.1. The molecule has 0 spiro atoms. The molecule has 6 nitrogen and oxygen atoms in total. The Morgan fingerprint density at radius 2 is 2.16 bits per heavy atom. The largest absolute Gasteiger partial charge is 0.363 e. The fraction of sp³-hybridized carbons (Fsp3) is 0.167. The third-order valence-electron chi connectivity index (χ3n) is 2.80. The van der Waals surface area contributed by atoms with Crippen molar-refractivity contribution in [1.82, 2.24) is 19.0 Å². The summed E-state index contributed by atoms with van der Waals surface area (Å²) in [6, 6.07) is 3.91. The molecule has 0 fully saturated rings. The zero-order valence-corrected chi connectivity index (χ0v) is 11.2. The zero-order valence-electron chi connectivity index (χ0n) is 10.4. The third-order valence-corrected chi connectivity index (χ3v) is 3.71. The van der Waals surface area contributed by atoms with Crippen LogP contribution in [0, 0.1) is 13.8 Å². The molecule has 3 rings (SSSR count). The number of rotatable bonds is 2. The van der Waals surface area contributed by atoms with E-state index in [0.717, 1.165) is 27.3 Å². The average Bonchev–Trinajstić information content (AvgIpc) is 2.94. The van der Waals surface area contributed by atoms with Crippen LogP contribution in [0.2, 0.25) is 0 Å². The molecule has 0 saturated heterocycles. The number of aryl methyl sites for hydroxylation is 2. The maximum Gasteiger partial charge on any atom is 0.286 e. The van der Waals surface area contributed by atoms with Gasteiger partial charge in [0.25, 0.3) is 5.91 Å².